The highest BCUT2D eigenvalue weighted by Gasteiger charge is 2.37. The summed E-state index contributed by atoms with van der Waals surface area (Å²) in [5.74, 6) is -0.0128. The first kappa shape index (κ1) is 27.1. The van der Waals surface area contributed by atoms with Crippen LogP contribution in [0.2, 0.25) is 0 Å². The number of pyridine rings is 1. The van der Waals surface area contributed by atoms with E-state index in [4.69, 9.17) is 0 Å². The summed E-state index contributed by atoms with van der Waals surface area (Å²) in [6.45, 7) is 9.76. The van der Waals surface area contributed by atoms with Gasteiger partial charge in [-0.3, -0.25) is 19.5 Å². The van der Waals surface area contributed by atoms with Gasteiger partial charge in [0.25, 0.3) is 0 Å². The monoisotopic (exact) mass is 538 g/mol. The molecule has 3 aliphatic heterocycles. The SMILES string of the molecule is CCn1nc2ccc3c(n2c1=O)CCN3C(=O)CN1C[C@@H](C)NC[C@@H]1CN1CCN(CC(F)(F)F)C[C@H]1C. The maximum atomic E-state index is 13.6. The zero-order valence-electron chi connectivity index (χ0n) is 22.2. The van der Waals surface area contributed by atoms with E-state index in [2.05, 4.69) is 27.1 Å². The zero-order chi connectivity index (χ0) is 27.2. The Hall–Kier alpha value is -2.48. The first-order valence-electron chi connectivity index (χ1n) is 13.5. The molecule has 2 fully saturated rings. The fraction of sp³-hybridized carbons (Fsp3) is 0.720. The van der Waals surface area contributed by atoms with Gasteiger partial charge in [0, 0.05) is 76.9 Å². The molecule has 3 aliphatic rings. The van der Waals surface area contributed by atoms with Crippen LogP contribution < -0.4 is 15.9 Å². The first-order chi connectivity index (χ1) is 18.0. The van der Waals surface area contributed by atoms with Crippen LogP contribution in [0.5, 0.6) is 0 Å². The van der Waals surface area contributed by atoms with E-state index in [0.29, 0.717) is 64.4 Å². The topological polar surface area (TPSA) is 81.4 Å². The van der Waals surface area contributed by atoms with Crippen LogP contribution in [0.4, 0.5) is 18.9 Å². The molecule has 0 radical (unpaired) electrons. The van der Waals surface area contributed by atoms with E-state index < -0.39 is 12.7 Å². The molecule has 0 aromatic carbocycles. The summed E-state index contributed by atoms with van der Waals surface area (Å²) < 4.78 is 41.6. The minimum absolute atomic E-state index is 0.00165. The average molecular weight is 539 g/mol. The highest BCUT2D eigenvalue weighted by atomic mass is 19.4. The summed E-state index contributed by atoms with van der Waals surface area (Å²) in [6, 6.07) is 3.96. The summed E-state index contributed by atoms with van der Waals surface area (Å²) >= 11 is 0. The minimum atomic E-state index is -4.19. The van der Waals surface area contributed by atoms with Gasteiger partial charge in [-0.15, -0.1) is 5.10 Å². The van der Waals surface area contributed by atoms with Crippen LogP contribution in [0.3, 0.4) is 0 Å². The van der Waals surface area contributed by atoms with E-state index in [1.165, 1.54) is 9.58 Å². The largest absolute Gasteiger partial charge is 0.401 e. The molecule has 2 saturated heterocycles. The molecule has 0 spiro atoms. The van der Waals surface area contributed by atoms with Crippen LogP contribution in [-0.4, -0.2) is 118 Å². The van der Waals surface area contributed by atoms with Crippen molar-refractivity contribution >= 4 is 17.2 Å². The van der Waals surface area contributed by atoms with E-state index >= 15 is 0 Å². The maximum Gasteiger partial charge on any atom is 0.401 e. The molecular weight excluding hydrogens is 501 g/mol. The number of aryl methyl sites for hydroxylation is 1. The van der Waals surface area contributed by atoms with Gasteiger partial charge in [0.1, 0.15) is 0 Å². The molecule has 38 heavy (non-hydrogen) atoms. The normalized spacial score (nSPS) is 25.8. The van der Waals surface area contributed by atoms with Gasteiger partial charge in [-0.25, -0.2) is 13.9 Å². The van der Waals surface area contributed by atoms with E-state index in [1.807, 2.05) is 19.9 Å². The Morgan fingerprint density at radius 3 is 2.63 bits per heavy atom. The van der Waals surface area contributed by atoms with E-state index in [-0.39, 0.29) is 36.3 Å². The molecule has 210 valence electrons. The van der Waals surface area contributed by atoms with Crippen molar-refractivity contribution in [2.45, 2.75) is 58.0 Å². The number of anilines is 1. The van der Waals surface area contributed by atoms with Crippen LogP contribution in [-0.2, 0) is 17.8 Å². The second-order valence-electron chi connectivity index (χ2n) is 10.8. The van der Waals surface area contributed by atoms with Gasteiger partial charge in [0.05, 0.1) is 24.5 Å². The Morgan fingerprint density at radius 2 is 1.92 bits per heavy atom. The number of nitrogens with one attached hydrogen (secondary N) is 1. The second kappa shape index (κ2) is 10.6. The third-order valence-corrected chi connectivity index (χ3v) is 8.05. The molecule has 5 heterocycles. The number of hydrogen-bond acceptors (Lipinski definition) is 7. The number of nitrogens with zero attached hydrogens (tertiary/aromatic N) is 7. The fourth-order valence-electron chi connectivity index (χ4n) is 6.11. The first-order valence-corrected chi connectivity index (χ1v) is 13.5. The third-order valence-electron chi connectivity index (χ3n) is 8.05. The lowest BCUT2D eigenvalue weighted by molar-refractivity contribution is -0.151. The number of fused-ring (bicyclic) bond motifs is 3. The van der Waals surface area contributed by atoms with Crippen molar-refractivity contribution in [3.05, 3.63) is 28.3 Å². The van der Waals surface area contributed by atoms with Crippen molar-refractivity contribution in [2.75, 3.05) is 63.8 Å². The van der Waals surface area contributed by atoms with Crippen molar-refractivity contribution in [3.8, 4) is 0 Å². The number of halogens is 3. The number of piperazine rings is 2. The second-order valence-corrected chi connectivity index (χ2v) is 10.8. The van der Waals surface area contributed by atoms with Crippen LogP contribution in [0.15, 0.2) is 16.9 Å². The van der Waals surface area contributed by atoms with Crippen molar-refractivity contribution < 1.29 is 18.0 Å². The van der Waals surface area contributed by atoms with Gasteiger partial charge in [-0.2, -0.15) is 13.2 Å². The number of amides is 1. The van der Waals surface area contributed by atoms with Gasteiger partial charge in [0.2, 0.25) is 5.91 Å². The maximum absolute atomic E-state index is 13.6. The number of alkyl halides is 3. The summed E-state index contributed by atoms with van der Waals surface area (Å²) in [7, 11) is 0. The molecule has 1 amide bonds. The third kappa shape index (κ3) is 5.47. The molecule has 0 unspecified atom stereocenters. The molecule has 0 saturated carbocycles. The number of carbonyl (C=O) groups is 1. The molecule has 10 nitrogen and oxygen atoms in total. The van der Waals surface area contributed by atoms with Gasteiger partial charge in [-0.1, -0.05) is 0 Å². The highest BCUT2D eigenvalue weighted by molar-refractivity contribution is 5.96. The van der Waals surface area contributed by atoms with Gasteiger partial charge >= 0.3 is 11.9 Å². The smallest absolute Gasteiger partial charge is 0.311 e. The van der Waals surface area contributed by atoms with Crippen LogP contribution in [0.1, 0.15) is 26.5 Å². The lowest BCUT2D eigenvalue weighted by atomic mass is 10.1. The molecule has 0 aliphatic carbocycles. The van der Waals surface area contributed by atoms with Crippen LogP contribution in [0.25, 0.3) is 5.65 Å². The van der Waals surface area contributed by atoms with Gasteiger partial charge in [-0.05, 0) is 32.9 Å². The lowest BCUT2D eigenvalue weighted by Crippen LogP contribution is -2.63. The Balaban J connectivity index is 1.27. The summed E-state index contributed by atoms with van der Waals surface area (Å²) in [5, 5.41) is 7.86. The number of aromatic nitrogens is 3. The average Bonchev–Trinajstić information content (AvgIpc) is 3.42. The molecule has 3 atom stereocenters. The Bertz CT molecular complexity index is 1230. The van der Waals surface area contributed by atoms with Crippen LogP contribution >= 0.6 is 0 Å². The number of rotatable bonds is 6. The molecular formula is C25H37F3N8O2. The number of hydrogen-bond donors (Lipinski definition) is 1. The summed E-state index contributed by atoms with van der Waals surface area (Å²) in [5.41, 5.74) is 1.98. The lowest BCUT2D eigenvalue weighted by Gasteiger charge is -2.45. The van der Waals surface area contributed by atoms with Crippen molar-refractivity contribution in [3.63, 3.8) is 0 Å². The van der Waals surface area contributed by atoms with Crippen molar-refractivity contribution in [1.82, 2.24) is 34.2 Å². The van der Waals surface area contributed by atoms with Crippen molar-refractivity contribution in [1.29, 1.82) is 0 Å². The standard InChI is InChI=1S/C25H37F3N8O2/c1-4-35-24(38)36-21-7-8-34(20(21)5-6-22(36)30-35)23(37)15-33-12-17(2)29-11-19(33)14-32-10-9-31(13-18(32)3)16-25(26,27)28/h5-6,17-19,29H,4,7-16H2,1-3H3/t17-,18-,19-/m1/s1. The van der Waals surface area contributed by atoms with Gasteiger partial charge in [0.15, 0.2) is 5.65 Å². The summed E-state index contributed by atoms with van der Waals surface area (Å²) in [4.78, 5) is 34.0. The molecule has 2 aromatic heterocycles. The van der Waals surface area contributed by atoms with Crippen LogP contribution in [0, 0.1) is 0 Å². The Labute approximate surface area is 219 Å². The van der Waals surface area contributed by atoms with Gasteiger partial charge < -0.3 is 10.2 Å². The zero-order valence-corrected chi connectivity index (χ0v) is 22.2. The molecule has 2 aromatic rings. The molecule has 13 heteroatoms. The molecule has 1 N–H and O–H groups in total. The van der Waals surface area contributed by atoms with Crippen molar-refractivity contribution in [2.24, 2.45) is 0 Å². The highest BCUT2D eigenvalue weighted by Crippen LogP contribution is 2.28. The van der Waals surface area contributed by atoms with E-state index in [0.717, 1.165) is 11.4 Å². The molecule has 5 rings (SSSR count). The van der Waals surface area contributed by atoms with E-state index in [1.54, 1.807) is 15.4 Å². The predicted molar refractivity (Wildman–Crippen MR) is 138 cm³/mol. The number of carbonyl (C=O) groups excluding carboxylic acids is 1. The minimum Gasteiger partial charge on any atom is -0.311 e. The predicted octanol–water partition coefficient (Wildman–Crippen LogP) is 0.636. The quantitative estimate of drug-likeness (QED) is 0.578. The Kier molecular flexibility index (Phi) is 7.55. The fourth-order valence-corrected chi connectivity index (χ4v) is 6.11. The van der Waals surface area contributed by atoms with E-state index in [9.17, 15) is 22.8 Å². The Morgan fingerprint density at radius 1 is 1.13 bits per heavy atom. The summed E-state index contributed by atoms with van der Waals surface area (Å²) in [6.07, 6.45) is -3.60. The molecule has 0 bridgehead atoms.